The first kappa shape index (κ1) is 12.2. The number of carboxylic acid groups (broad SMARTS) is 1. The Morgan fingerprint density at radius 3 is 2.71 bits per heavy atom. The van der Waals surface area contributed by atoms with Gasteiger partial charge in [0.1, 0.15) is 0 Å². The first-order valence-electron chi connectivity index (χ1n) is 5.95. The van der Waals surface area contributed by atoms with Crippen LogP contribution in [0, 0.1) is 5.92 Å². The van der Waals surface area contributed by atoms with Gasteiger partial charge in [0.05, 0.1) is 18.6 Å². The summed E-state index contributed by atoms with van der Waals surface area (Å²) in [7, 11) is 0. The molecule has 0 aromatic rings. The van der Waals surface area contributed by atoms with Crippen LogP contribution in [0.1, 0.15) is 19.8 Å². The molecular formula is C11H18N2O4. The number of aliphatic carboxylic acids is 1. The molecule has 0 bridgehead atoms. The van der Waals surface area contributed by atoms with E-state index in [1.165, 1.54) is 0 Å². The number of hydrogen-bond acceptors (Lipinski definition) is 3. The van der Waals surface area contributed by atoms with Gasteiger partial charge in [-0.1, -0.05) is 0 Å². The molecule has 0 saturated carbocycles. The molecule has 2 unspecified atom stereocenters. The van der Waals surface area contributed by atoms with Gasteiger partial charge in [-0.3, -0.25) is 4.79 Å². The van der Waals surface area contributed by atoms with Crippen LogP contribution in [0.5, 0.6) is 0 Å². The van der Waals surface area contributed by atoms with E-state index in [-0.39, 0.29) is 30.5 Å². The Kier molecular flexibility index (Phi) is 3.51. The SMILES string of the molecule is CC1OCCC1NC(=O)N1CC(CC(=O)O)C1. The molecule has 0 spiro atoms. The van der Waals surface area contributed by atoms with Crippen LogP contribution >= 0.6 is 0 Å². The molecule has 2 saturated heterocycles. The number of carbonyl (C=O) groups is 2. The fourth-order valence-corrected chi connectivity index (χ4v) is 2.28. The Morgan fingerprint density at radius 1 is 1.47 bits per heavy atom. The molecule has 0 radical (unpaired) electrons. The van der Waals surface area contributed by atoms with Gasteiger partial charge in [0.15, 0.2) is 0 Å². The van der Waals surface area contributed by atoms with Gasteiger partial charge >= 0.3 is 12.0 Å². The molecule has 2 amide bonds. The zero-order valence-corrected chi connectivity index (χ0v) is 9.89. The van der Waals surface area contributed by atoms with E-state index in [1.54, 1.807) is 4.90 Å². The Hall–Kier alpha value is -1.30. The summed E-state index contributed by atoms with van der Waals surface area (Å²) in [5.41, 5.74) is 0. The highest BCUT2D eigenvalue weighted by Crippen LogP contribution is 2.20. The van der Waals surface area contributed by atoms with Crippen LogP contribution in [0.25, 0.3) is 0 Å². The van der Waals surface area contributed by atoms with Gasteiger partial charge in [0.25, 0.3) is 0 Å². The van der Waals surface area contributed by atoms with Crippen LogP contribution in [-0.4, -0.2) is 53.8 Å². The predicted octanol–water partition coefficient (Wildman–Crippen LogP) is 0.280. The Balaban J connectivity index is 1.70. The third-order valence-corrected chi connectivity index (χ3v) is 3.39. The monoisotopic (exact) mass is 242 g/mol. The number of nitrogens with zero attached hydrogens (tertiary/aromatic N) is 1. The van der Waals surface area contributed by atoms with Crippen LogP contribution in [0.3, 0.4) is 0 Å². The van der Waals surface area contributed by atoms with Gasteiger partial charge in [-0.25, -0.2) is 4.79 Å². The van der Waals surface area contributed by atoms with E-state index in [0.29, 0.717) is 19.7 Å². The molecule has 2 aliphatic heterocycles. The second kappa shape index (κ2) is 4.91. The number of urea groups is 1. The first-order valence-corrected chi connectivity index (χ1v) is 5.95. The van der Waals surface area contributed by atoms with Crippen molar-refractivity contribution in [2.45, 2.75) is 31.9 Å². The molecule has 0 aromatic carbocycles. The largest absolute Gasteiger partial charge is 0.481 e. The number of likely N-dealkylation sites (tertiary alicyclic amines) is 1. The second-order valence-corrected chi connectivity index (χ2v) is 4.79. The number of hydrogen-bond donors (Lipinski definition) is 2. The standard InChI is InChI=1S/C11H18N2O4/c1-7-9(2-3-17-7)12-11(16)13-5-8(6-13)4-10(14)15/h7-9H,2-6H2,1H3,(H,12,16)(H,14,15). The number of nitrogens with one attached hydrogen (secondary N) is 1. The van der Waals surface area contributed by atoms with Crippen molar-refractivity contribution in [2.24, 2.45) is 5.92 Å². The van der Waals surface area contributed by atoms with Crippen LogP contribution in [0.15, 0.2) is 0 Å². The van der Waals surface area contributed by atoms with Crippen molar-refractivity contribution in [3.05, 3.63) is 0 Å². The minimum absolute atomic E-state index is 0.0649. The maximum atomic E-state index is 11.8. The van der Waals surface area contributed by atoms with Gasteiger partial charge in [0.2, 0.25) is 0 Å². The van der Waals surface area contributed by atoms with E-state index in [9.17, 15) is 9.59 Å². The zero-order chi connectivity index (χ0) is 12.4. The van der Waals surface area contributed by atoms with Gasteiger partial charge < -0.3 is 20.1 Å². The summed E-state index contributed by atoms with van der Waals surface area (Å²) in [5, 5.41) is 11.5. The predicted molar refractivity (Wildman–Crippen MR) is 59.7 cm³/mol. The number of carboxylic acids is 1. The third-order valence-electron chi connectivity index (χ3n) is 3.39. The van der Waals surface area contributed by atoms with Gasteiger partial charge in [0, 0.05) is 25.6 Å². The topological polar surface area (TPSA) is 78.9 Å². The number of ether oxygens (including phenoxy) is 1. The Bertz CT molecular complexity index is 315. The average molecular weight is 242 g/mol. The molecule has 2 fully saturated rings. The maximum absolute atomic E-state index is 11.8. The van der Waals surface area contributed by atoms with Crippen molar-refractivity contribution in [3.63, 3.8) is 0 Å². The van der Waals surface area contributed by atoms with E-state index in [4.69, 9.17) is 9.84 Å². The summed E-state index contributed by atoms with van der Waals surface area (Å²) >= 11 is 0. The Morgan fingerprint density at radius 2 is 2.18 bits per heavy atom. The first-order chi connectivity index (χ1) is 8.06. The van der Waals surface area contributed by atoms with Crippen molar-refractivity contribution in [1.29, 1.82) is 0 Å². The molecule has 0 aliphatic carbocycles. The fourth-order valence-electron chi connectivity index (χ4n) is 2.28. The molecule has 2 N–H and O–H groups in total. The van der Waals surface area contributed by atoms with Crippen LogP contribution in [0.4, 0.5) is 4.79 Å². The second-order valence-electron chi connectivity index (χ2n) is 4.79. The zero-order valence-electron chi connectivity index (χ0n) is 9.89. The lowest BCUT2D eigenvalue weighted by Gasteiger charge is -2.39. The molecule has 6 heteroatoms. The highest BCUT2D eigenvalue weighted by molar-refractivity contribution is 5.76. The number of rotatable bonds is 3. The van der Waals surface area contributed by atoms with Crippen LogP contribution in [-0.2, 0) is 9.53 Å². The molecular weight excluding hydrogens is 224 g/mol. The molecule has 2 rings (SSSR count). The normalized spacial score (nSPS) is 28.9. The number of amides is 2. The van der Waals surface area contributed by atoms with E-state index < -0.39 is 5.97 Å². The minimum Gasteiger partial charge on any atom is -0.481 e. The summed E-state index contributed by atoms with van der Waals surface area (Å²) in [5.74, 6) is -0.691. The summed E-state index contributed by atoms with van der Waals surface area (Å²) in [4.78, 5) is 23.9. The van der Waals surface area contributed by atoms with Gasteiger partial charge in [-0.2, -0.15) is 0 Å². The molecule has 2 heterocycles. The highest BCUT2D eigenvalue weighted by atomic mass is 16.5. The molecule has 2 atom stereocenters. The summed E-state index contributed by atoms with van der Waals surface area (Å²) in [6.07, 6.45) is 1.06. The minimum atomic E-state index is -0.798. The summed E-state index contributed by atoms with van der Waals surface area (Å²) < 4.78 is 5.36. The summed E-state index contributed by atoms with van der Waals surface area (Å²) in [6.45, 7) is 3.72. The third kappa shape index (κ3) is 2.88. The van der Waals surface area contributed by atoms with Crippen LogP contribution < -0.4 is 5.32 Å². The lowest BCUT2D eigenvalue weighted by molar-refractivity contribution is -0.139. The molecule has 0 aromatic heterocycles. The fraction of sp³-hybridized carbons (Fsp3) is 0.818. The summed E-state index contributed by atoms with van der Waals surface area (Å²) in [6, 6.07) is -0.0185. The van der Waals surface area contributed by atoms with Gasteiger partial charge in [-0.15, -0.1) is 0 Å². The lowest BCUT2D eigenvalue weighted by Crippen LogP contribution is -2.56. The molecule has 6 nitrogen and oxygen atoms in total. The number of carbonyl (C=O) groups excluding carboxylic acids is 1. The highest BCUT2D eigenvalue weighted by Gasteiger charge is 2.34. The van der Waals surface area contributed by atoms with Crippen molar-refractivity contribution >= 4 is 12.0 Å². The van der Waals surface area contributed by atoms with Crippen LogP contribution in [0.2, 0.25) is 0 Å². The van der Waals surface area contributed by atoms with E-state index in [0.717, 1.165) is 6.42 Å². The van der Waals surface area contributed by atoms with E-state index in [1.807, 2.05) is 6.92 Å². The van der Waals surface area contributed by atoms with E-state index in [2.05, 4.69) is 5.32 Å². The van der Waals surface area contributed by atoms with Crippen molar-refractivity contribution in [3.8, 4) is 0 Å². The Labute approximate surface area is 99.9 Å². The molecule has 96 valence electrons. The lowest BCUT2D eigenvalue weighted by atomic mass is 9.97. The van der Waals surface area contributed by atoms with Crippen molar-refractivity contribution in [2.75, 3.05) is 19.7 Å². The molecule has 17 heavy (non-hydrogen) atoms. The van der Waals surface area contributed by atoms with E-state index >= 15 is 0 Å². The molecule has 2 aliphatic rings. The van der Waals surface area contributed by atoms with Crippen molar-refractivity contribution < 1.29 is 19.4 Å². The smallest absolute Gasteiger partial charge is 0.317 e. The van der Waals surface area contributed by atoms with Gasteiger partial charge in [-0.05, 0) is 13.3 Å². The van der Waals surface area contributed by atoms with Crippen molar-refractivity contribution in [1.82, 2.24) is 10.2 Å². The average Bonchev–Trinajstić information content (AvgIpc) is 2.57. The maximum Gasteiger partial charge on any atom is 0.317 e. The quantitative estimate of drug-likeness (QED) is 0.745.